The Hall–Kier alpha value is -3.53. The number of nitrogens with zero attached hydrogens (tertiary/aromatic N) is 2. The van der Waals surface area contributed by atoms with E-state index >= 15 is 0 Å². The summed E-state index contributed by atoms with van der Waals surface area (Å²) in [7, 11) is 0. The van der Waals surface area contributed by atoms with Crippen molar-refractivity contribution in [1.82, 2.24) is 9.78 Å². The molecule has 0 spiro atoms. The van der Waals surface area contributed by atoms with Crippen molar-refractivity contribution in [3.05, 3.63) is 56.3 Å². The fraction of sp³-hybridized carbons (Fsp3) is 0.348. The van der Waals surface area contributed by atoms with Gasteiger partial charge in [0.2, 0.25) is 5.91 Å². The highest BCUT2D eigenvalue weighted by molar-refractivity contribution is 7.17. The summed E-state index contributed by atoms with van der Waals surface area (Å²) in [6.45, 7) is 3.57. The van der Waals surface area contributed by atoms with Crippen LogP contribution in [-0.2, 0) is 28.9 Å². The van der Waals surface area contributed by atoms with Crippen molar-refractivity contribution in [2.75, 3.05) is 11.9 Å². The Kier molecular flexibility index (Phi) is 6.28. The largest absolute Gasteiger partial charge is 0.476 e. The highest BCUT2D eigenvalue weighted by atomic mass is 32.1. The third-order valence-corrected chi connectivity index (χ3v) is 6.78. The van der Waals surface area contributed by atoms with Crippen molar-refractivity contribution in [2.45, 2.75) is 39.7 Å². The van der Waals surface area contributed by atoms with Crippen LogP contribution in [0.15, 0.2) is 29.1 Å². The number of thiophene rings is 1. The van der Waals surface area contributed by atoms with Gasteiger partial charge >= 0.3 is 11.9 Å². The lowest BCUT2D eigenvalue weighted by molar-refractivity contribution is -0.117. The van der Waals surface area contributed by atoms with E-state index in [4.69, 9.17) is 4.74 Å². The van der Waals surface area contributed by atoms with Crippen LogP contribution in [0, 0.1) is 5.92 Å². The van der Waals surface area contributed by atoms with Crippen molar-refractivity contribution in [3.8, 4) is 0 Å². The van der Waals surface area contributed by atoms with Gasteiger partial charge in [-0.1, -0.05) is 25.1 Å². The molecule has 4 rings (SSSR count). The van der Waals surface area contributed by atoms with Crippen LogP contribution in [0.5, 0.6) is 0 Å². The highest BCUT2D eigenvalue weighted by Crippen LogP contribution is 2.40. The van der Waals surface area contributed by atoms with Gasteiger partial charge in [0.1, 0.15) is 11.5 Å². The number of carbonyl (C=O) groups excluding carboxylic acids is 2. The summed E-state index contributed by atoms with van der Waals surface area (Å²) in [5.74, 6) is -1.91. The van der Waals surface area contributed by atoms with E-state index in [2.05, 4.69) is 17.3 Å². The Morgan fingerprint density at radius 2 is 2.00 bits per heavy atom. The molecular weight excluding hydrogens is 446 g/mol. The Labute approximate surface area is 193 Å². The van der Waals surface area contributed by atoms with Crippen LogP contribution < -0.4 is 10.9 Å². The van der Waals surface area contributed by atoms with Crippen LogP contribution in [-0.4, -0.2) is 39.3 Å². The summed E-state index contributed by atoms with van der Waals surface area (Å²) in [6.07, 6.45) is 2.48. The van der Waals surface area contributed by atoms with Crippen LogP contribution in [0.2, 0.25) is 0 Å². The number of carbonyl (C=O) groups is 3. The molecule has 1 amide bonds. The number of anilines is 1. The number of rotatable bonds is 6. The summed E-state index contributed by atoms with van der Waals surface area (Å²) in [4.78, 5) is 51.0. The van der Waals surface area contributed by atoms with E-state index in [0.29, 0.717) is 16.5 Å². The first-order chi connectivity index (χ1) is 15.8. The van der Waals surface area contributed by atoms with E-state index in [0.717, 1.165) is 34.4 Å². The molecule has 0 bridgehead atoms. The van der Waals surface area contributed by atoms with Crippen LogP contribution in [0.3, 0.4) is 0 Å². The first kappa shape index (κ1) is 22.7. The molecule has 10 heteroatoms. The number of fused-ring (bicyclic) bond motifs is 2. The van der Waals surface area contributed by atoms with Gasteiger partial charge in [0.05, 0.1) is 17.6 Å². The summed E-state index contributed by atoms with van der Waals surface area (Å²) in [5.41, 5.74) is 0.379. The second kappa shape index (κ2) is 9.14. The van der Waals surface area contributed by atoms with Gasteiger partial charge in [-0.25, -0.2) is 14.3 Å². The average Bonchev–Trinajstić information content (AvgIpc) is 3.12. The standard InChI is InChI=1S/C23H23N3O6S/c1-3-32-23(31)18-15-9-8-12(2)10-16(15)33-20(18)24-17(27)11-26-21(28)14-7-5-4-6-13(14)19(25-26)22(29)30/h4-7,12H,3,8-11H2,1-2H3,(H,24,27)(H,29,30)/t12-/m1/s1. The molecule has 0 fully saturated rings. The summed E-state index contributed by atoms with van der Waals surface area (Å²) < 4.78 is 6.05. The molecule has 0 unspecified atom stereocenters. The second-order valence-corrected chi connectivity index (χ2v) is 9.09. The second-order valence-electron chi connectivity index (χ2n) is 7.99. The predicted molar refractivity (Wildman–Crippen MR) is 123 cm³/mol. The number of hydrogen-bond acceptors (Lipinski definition) is 7. The molecule has 1 aromatic carbocycles. The van der Waals surface area contributed by atoms with Gasteiger partial charge in [0.25, 0.3) is 5.56 Å². The molecule has 2 N–H and O–H groups in total. The SMILES string of the molecule is CCOC(=O)c1c(NC(=O)Cn2nc(C(=O)O)c3ccccc3c2=O)sc2c1CC[C@@H](C)C2. The lowest BCUT2D eigenvalue weighted by Crippen LogP contribution is -2.31. The number of carboxylic acid groups (broad SMARTS) is 1. The molecule has 2 heterocycles. The van der Waals surface area contributed by atoms with Crippen molar-refractivity contribution in [1.29, 1.82) is 0 Å². The monoisotopic (exact) mass is 469 g/mol. The molecule has 9 nitrogen and oxygen atoms in total. The van der Waals surface area contributed by atoms with Crippen molar-refractivity contribution in [2.24, 2.45) is 5.92 Å². The van der Waals surface area contributed by atoms with E-state index in [9.17, 15) is 24.3 Å². The summed E-state index contributed by atoms with van der Waals surface area (Å²) in [6, 6.07) is 6.22. The summed E-state index contributed by atoms with van der Waals surface area (Å²) >= 11 is 1.34. The number of esters is 1. The van der Waals surface area contributed by atoms with Gasteiger partial charge in [0, 0.05) is 10.3 Å². The lowest BCUT2D eigenvalue weighted by atomic mass is 9.88. The number of aromatic nitrogens is 2. The van der Waals surface area contributed by atoms with E-state index in [-0.39, 0.29) is 23.1 Å². The fourth-order valence-electron chi connectivity index (χ4n) is 4.06. The Bertz CT molecular complexity index is 1330. The Morgan fingerprint density at radius 1 is 1.27 bits per heavy atom. The van der Waals surface area contributed by atoms with Crippen molar-refractivity contribution < 1.29 is 24.2 Å². The third kappa shape index (κ3) is 4.38. The quantitative estimate of drug-likeness (QED) is 0.531. The van der Waals surface area contributed by atoms with Gasteiger partial charge in [-0.2, -0.15) is 5.10 Å². The molecule has 0 saturated carbocycles. The zero-order valence-electron chi connectivity index (χ0n) is 18.2. The molecular formula is C23H23N3O6S. The number of ether oxygens (including phenoxy) is 1. The number of hydrogen-bond donors (Lipinski definition) is 2. The van der Waals surface area contributed by atoms with Crippen LogP contribution >= 0.6 is 11.3 Å². The molecule has 3 aromatic rings. The van der Waals surface area contributed by atoms with Crippen molar-refractivity contribution >= 4 is 45.0 Å². The first-order valence-corrected chi connectivity index (χ1v) is 11.5. The Morgan fingerprint density at radius 3 is 2.70 bits per heavy atom. The molecule has 172 valence electrons. The molecule has 33 heavy (non-hydrogen) atoms. The van der Waals surface area contributed by atoms with Gasteiger partial charge in [-0.05, 0) is 43.7 Å². The number of benzene rings is 1. The molecule has 1 aliphatic rings. The molecule has 2 aromatic heterocycles. The minimum absolute atomic E-state index is 0.158. The third-order valence-electron chi connectivity index (χ3n) is 5.61. The smallest absolute Gasteiger partial charge is 0.357 e. The van der Waals surface area contributed by atoms with Gasteiger partial charge in [0.15, 0.2) is 5.69 Å². The van der Waals surface area contributed by atoms with Crippen LogP contribution in [0.25, 0.3) is 10.8 Å². The topological polar surface area (TPSA) is 128 Å². The maximum absolute atomic E-state index is 12.9. The number of nitrogens with one attached hydrogen (secondary N) is 1. The van der Waals surface area contributed by atoms with E-state index in [1.54, 1.807) is 19.1 Å². The number of carboxylic acids is 1. The molecule has 1 aliphatic carbocycles. The normalized spacial score (nSPS) is 15.2. The predicted octanol–water partition coefficient (Wildman–Crippen LogP) is 3.10. The number of aromatic carboxylic acids is 1. The molecule has 0 aliphatic heterocycles. The summed E-state index contributed by atoms with van der Waals surface area (Å²) in [5, 5.41) is 16.9. The zero-order valence-corrected chi connectivity index (χ0v) is 19.0. The minimum atomic E-state index is -1.30. The van der Waals surface area contributed by atoms with E-state index < -0.39 is 29.9 Å². The van der Waals surface area contributed by atoms with Gasteiger partial charge in [-0.15, -0.1) is 11.3 Å². The molecule has 1 atom stereocenters. The zero-order chi connectivity index (χ0) is 23.7. The fourth-order valence-corrected chi connectivity index (χ4v) is 5.48. The van der Waals surface area contributed by atoms with Crippen LogP contribution in [0.1, 0.15) is 51.6 Å². The maximum Gasteiger partial charge on any atom is 0.357 e. The van der Waals surface area contributed by atoms with E-state index in [1.807, 2.05) is 0 Å². The highest BCUT2D eigenvalue weighted by Gasteiger charge is 2.29. The molecule has 0 radical (unpaired) electrons. The number of amides is 1. The lowest BCUT2D eigenvalue weighted by Gasteiger charge is -2.18. The van der Waals surface area contributed by atoms with Crippen LogP contribution in [0.4, 0.5) is 5.00 Å². The van der Waals surface area contributed by atoms with Gasteiger partial charge in [-0.3, -0.25) is 9.59 Å². The van der Waals surface area contributed by atoms with Crippen molar-refractivity contribution in [3.63, 3.8) is 0 Å². The molecule has 0 saturated heterocycles. The van der Waals surface area contributed by atoms with E-state index in [1.165, 1.54) is 23.5 Å². The average molecular weight is 470 g/mol. The maximum atomic E-state index is 12.9. The van der Waals surface area contributed by atoms with Gasteiger partial charge < -0.3 is 15.2 Å². The minimum Gasteiger partial charge on any atom is -0.476 e. The Balaban J connectivity index is 1.67. The first-order valence-electron chi connectivity index (χ1n) is 10.6.